The molecule has 0 bridgehead atoms. The molecule has 3 rings (SSSR count). The van der Waals surface area contributed by atoms with E-state index in [-0.39, 0.29) is 24.9 Å². The van der Waals surface area contributed by atoms with E-state index in [4.69, 9.17) is 14.3 Å². The molecule has 0 spiro atoms. The van der Waals surface area contributed by atoms with Crippen LogP contribution in [0.25, 0.3) is 0 Å². The zero-order valence-corrected chi connectivity index (χ0v) is 15.6. The third-order valence-corrected chi connectivity index (χ3v) is 4.93. The minimum atomic E-state index is -3.71. The Kier molecular flexibility index (Phi) is 5.24. The molecule has 0 aromatic heterocycles. The van der Waals surface area contributed by atoms with Crippen molar-refractivity contribution in [2.45, 2.75) is 37.0 Å². The highest BCUT2D eigenvalue weighted by molar-refractivity contribution is 7.89. The molecule has 148 valence electrons. The van der Waals surface area contributed by atoms with Gasteiger partial charge in [-0.2, -0.15) is 0 Å². The second-order valence-electron chi connectivity index (χ2n) is 6.57. The van der Waals surface area contributed by atoms with Gasteiger partial charge in [0.2, 0.25) is 15.6 Å². The normalized spacial score (nSPS) is 30.0. The fourth-order valence-corrected chi connectivity index (χ4v) is 3.44. The highest BCUT2D eigenvalue weighted by atomic mass is 32.2. The van der Waals surface area contributed by atoms with Crippen LogP contribution >= 0.6 is 0 Å². The quantitative estimate of drug-likeness (QED) is 0.567. The maximum Gasteiger partial charge on any atom is 0.299 e. The van der Waals surface area contributed by atoms with Crippen LogP contribution in [0.4, 0.5) is 0 Å². The molecular formula is C16H21N3O7S. The Bertz CT molecular complexity index is 814. The second-order valence-corrected chi connectivity index (χ2v) is 8.32. The molecule has 0 aromatic rings. The number of amides is 2. The lowest BCUT2D eigenvalue weighted by molar-refractivity contribution is -0.138. The fourth-order valence-electron chi connectivity index (χ4n) is 3.00. The van der Waals surface area contributed by atoms with Crippen LogP contribution in [0.2, 0.25) is 0 Å². The minimum Gasteiger partial charge on any atom is -0.486 e. The second kappa shape index (κ2) is 7.31. The maximum atomic E-state index is 12.7. The lowest BCUT2D eigenvalue weighted by Gasteiger charge is -2.23. The lowest BCUT2D eigenvalue weighted by atomic mass is 9.93. The maximum absolute atomic E-state index is 12.7. The first-order chi connectivity index (χ1) is 12.7. The monoisotopic (exact) mass is 399 g/mol. The van der Waals surface area contributed by atoms with Crippen LogP contribution in [0.15, 0.2) is 29.6 Å². The summed E-state index contributed by atoms with van der Waals surface area (Å²) in [5.41, 5.74) is -0.693. The first-order valence-corrected chi connectivity index (χ1v) is 10.3. The van der Waals surface area contributed by atoms with Gasteiger partial charge in [-0.1, -0.05) is 11.7 Å². The Labute approximate surface area is 156 Å². The summed E-state index contributed by atoms with van der Waals surface area (Å²) in [5, 5.41) is 6.69. The van der Waals surface area contributed by atoms with Crippen molar-refractivity contribution in [1.82, 2.24) is 10.0 Å². The molecular weight excluding hydrogens is 378 g/mol. The van der Waals surface area contributed by atoms with Gasteiger partial charge >= 0.3 is 0 Å². The van der Waals surface area contributed by atoms with Crippen molar-refractivity contribution in [1.29, 1.82) is 0 Å². The molecule has 3 atom stereocenters. The number of rotatable bonds is 6. The zero-order valence-electron chi connectivity index (χ0n) is 14.8. The minimum absolute atomic E-state index is 0.00900. The summed E-state index contributed by atoms with van der Waals surface area (Å²) < 4.78 is 34.8. The number of nitrogens with zero attached hydrogens (tertiary/aromatic N) is 1. The van der Waals surface area contributed by atoms with Crippen molar-refractivity contribution in [2.75, 3.05) is 19.5 Å². The summed E-state index contributed by atoms with van der Waals surface area (Å²) in [7, 11) is -3.71. The van der Waals surface area contributed by atoms with Gasteiger partial charge in [0.25, 0.3) is 11.8 Å². The summed E-state index contributed by atoms with van der Waals surface area (Å²) in [6.07, 6.45) is 5.41. The highest BCUT2D eigenvalue weighted by Gasteiger charge is 2.47. The van der Waals surface area contributed by atoms with Gasteiger partial charge in [0, 0.05) is 13.0 Å². The Balaban J connectivity index is 1.61. The number of oxime groups is 1. The van der Waals surface area contributed by atoms with Crippen molar-refractivity contribution < 1.29 is 32.3 Å². The number of ether oxygens (including phenoxy) is 2. The molecule has 3 heterocycles. The molecule has 1 saturated heterocycles. The van der Waals surface area contributed by atoms with Crippen molar-refractivity contribution in [3.05, 3.63) is 24.5 Å². The van der Waals surface area contributed by atoms with E-state index in [1.807, 2.05) is 0 Å². The van der Waals surface area contributed by atoms with Crippen LogP contribution in [0.3, 0.4) is 0 Å². The number of carbonyl (C=O) groups excluding carboxylic acids is 2. The molecule has 0 saturated carbocycles. The Hall–Kier alpha value is -2.40. The summed E-state index contributed by atoms with van der Waals surface area (Å²) in [6.45, 7) is 4.32. The molecule has 3 aliphatic rings. The van der Waals surface area contributed by atoms with Gasteiger partial charge in [-0.25, -0.2) is 13.1 Å². The number of hydrogen-bond donors (Lipinski definition) is 2. The largest absolute Gasteiger partial charge is 0.486 e. The molecule has 10 nitrogen and oxygen atoms in total. The SMILES string of the molecule is C=CC1(C(=O)N[C@@H]2C=C(C(=O)NS(C)(=O)=O)OC2)CC(C2CCCO2)=NO1. The number of sulfonamides is 1. The lowest BCUT2D eigenvalue weighted by Crippen LogP contribution is -2.49. The molecule has 2 amide bonds. The van der Waals surface area contributed by atoms with Gasteiger partial charge in [0.05, 0.1) is 24.1 Å². The molecule has 3 aliphatic heterocycles. The van der Waals surface area contributed by atoms with Crippen molar-refractivity contribution in [2.24, 2.45) is 5.16 Å². The van der Waals surface area contributed by atoms with E-state index in [0.29, 0.717) is 12.3 Å². The summed E-state index contributed by atoms with van der Waals surface area (Å²) in [5.74, 6) is -1.56. The van der Waals surface area contributed by atoms with Crippen molar-refractivity contribution >= 4 is 27.5 Å². The third kappa shape index (κ3) is 4.30. The standard InChI is InChI=1S/C16H21N3O7S/c1-3-16(8-11(18-26-16)12-5-4-6-24-12)15(21)17-10-7-13(25-9-10)14(20)19-27(2,22)23/h3,7,10,12H,1,4-6,8-9H2,2H3,(H,17,21)(H,19,20)/t10-,12?,16?/m1/s1. The smallest absolute Gasteiger partial charge is 0.299 e. The first kappa shape index (κ1) is 19.4. The van der Waals surface area contributed by atoms with Gasteiger partial charge in [-0.15, -0.1) is 0 Å². The summed E-state index contributed by atoms with van der Waals surface area (Å²) in [4.78, 5) is 29.9. The first-order valence-electron chi connectivity index (χ1n) is 8.40. The molecule has 1 fully saturated rings. The molecule has 2 N–H and O–H groups in total. The van der Waals surface area contributed by atoms with E-state index in [1.165, 1.54) is 12.2 Å². The van der Waals surface area contributed by atoms with E-state index < -0.39 is 33.5 Å². The molecule has 2 unspecified atom stereocenters. The van der Waals surface area contributed by atoms with Crippen LogP contribution in [0.5, 0.6) is 0 Å². The molecule has 0 aliphatic carbocycles. The summed E-state index contributed by atoms with van der Waals surface area (Å²) >= 11 is 0. The topological polar surface area (TPSA) is 132 Å². The van der Waals surface area contributed by atoms with E-state index in [9.17, 15) is 18.0 Å². The van der Waals surface area contributed by atoms with Gasteiger partial charge in [0.1, 0.15) is 6.61 Å². The van der Waals surface area contributed by atoms with Crippen LogP contribution in [-0.2, 0) is 33.9 Å². The molecule has 0 aromatic carbocycles. The molecule has 11 heteroatoms. The van der Waals surface area contributed by atoms with E-state index >= 15 is 0 Å². The van der Waals surface area contributed by atoms with Crippen LogP contribution < -0.4 is 10.0 Å². The number of nitrogens with one attached hydrogen (secondary N) is 2. The average Bonchev–Trinajstić information content (AvgIpc) is 3.33. The average molecular weight is 399 g/mol. The van der Waals surface area contributed by atoms with Gasteiger partial charge in [0.15, 0.2) is 5.76 Å². The van der Waals surface area contributed by atoms with Crippen LogP contribution in [0, 0.1) is 0 Å². The van der Waals surface area contributed by atoms with Gasteiger partial charge < -0.3 is 19.6 Å². The van der Waals surface area contributed by atoms with Crippen LogP contribution in [0.1, 0.15) is 19.3 Å². The molecule has 27 heavy (non-hydrogen) atoms. The highest BCUT2D eigenvalue weighted by Crippen LogP contribution is 2.30. The van der Waals surface area contributed by atoms with Crippen molar-refractivity contribution in [3.63, 3.8) is 0 Å². The predicted octanol–water partition coefficient (Wildman–Crippen LogP) is -0.659. The Morgan fingerprint density at radius 2 is 2.22 bits per heavy atom. The van der Waals surface area contributed by atoms with E-state index in [1.54, 1.807) is 4.72 Å². The van der Waals surface area contributed by atoms with Gasteiger partial charge in [-0.3, -0.25) is 9.59 Å². The number of hydrogen-bond acceptors (Lipinski definition) is 8. The summed E-state index contributed by atoms with van der Waals surface area (Å²) in [6, 6.07) is -0.620. The van der Waals surface area contributed by atoms with E-state index in [0.717, 1.165) is 19.1 Å². The zero-order chi connectivity index (χ0) is 19.7. The number of carbonyl (C=O) groups is 2. The Morgan fingerprint density at radius 1 is 1.44 bits per heavy atom. The van der Waals surface area contributed by atoms with Crippen molar-refractivity contribution in [3.8, 4) is 0 Å². The third-order valence-electron chi connectivity index (χ3n) is 4.37. The van der Waals surface area contributed by atoms with Crippen LogP contribution in [-0.4, -0.2) is 63.2 Å². The van der Waals surface area contributed by atoms with Gasteiger partial charge in [-0.05, 0) is 25.0 Å². The predicted molar refractivity (Wildman–Crippen MR) is 94.0 cm³/mol. The molecule has 0 radical (unpaired) electrons. The Morgan fingerprint density at radius 3 is 2.85 bits per heavy atom. The fraction of sp³-hybridized carbons (Fsp3) is 0.562. The van der Waals surface area contributed by atoms with E-state index in [2.05, 4.69) is 17.1 Å².